The molecule has 0 aliphatic heterocycles. The molecule has 1 radical (unpaired) electrons. The molecule has 1 fully saturated rings. The molecular weight excluding hydrogens is 374 g/mol. The van der Waals surface area contributed by atoms with E-state index >= 15 is 0 Å². The lowest BCUT2D eigenvalue weighted by Crippen LogP contribution is -2.29. The van der Waals surface area contributed by atoms with Crippen molar-refractivity contribution < 1.29 is 4.74 Å². The molecule has 1 aliphatic carbocycles. The number of hydrogen-bond donors (Lipinski definition) is 1. The van der Waals surface area contributed by atoms with Crippen LogP contribution in [0.5, 0.6) is 5.75 Å². The quantitative estimate of drug-likeness (QED) is 0.614. The van der Waals surface area contributed by atoms with Gasteiger partial charge in [0, 0.05) is 18.0 Å². The van der Waals surface area contributed by atoms with Crippen LogP contribution in [0.15, 0.2) is 59.7 Å². The number of hydrogen-bond acceptors (Lipinski definition) is 4. The zero-order valence-electron chi connectivity index (χ0n) is 15.6. The maximum Gasteiger partial charge on any atom is 0.297 e. The first-order chi connectivity index (χ1) is 13.6. The summed E-state index contributed by atoms with van der Waals surface area (Å²) in [5.74, 6) is 1.54. The van der Waals surface area contributed by atoms with Crippen LogP contribution in [0, 0.1) is 13.0 Å². The Bertz CT molecular complexity index is 1040. The van der Waals surface area contributed by atoms with E-state index in [1.165, 1.54) is 0 Å². The number of ether oxygens (including phenoxy) is 1. The minimum atomic E-state index is -0.341. The lowest BCUT2D eigenvalue weighted by atomic mass is 10.0. The number of alkyl halides is 1. The lowest BCUT2D eigenvalue weighted by molar-refractivity contribution is 0.336. The second kappa shape index (κ2) is 7.68. The van der Waals surface area contributed by atoms with Gasteiger partial charge < -0.3 is 10.1 Å². The Balaban J connectivity index is 1.68. The Morgan fingerprint density at radius 3 is 2.89 bits per heavy atom. The van der Waals surface area contributed by atoms with Gasteiger partial charge in [-0.1, -0.05) is 30.3 Å². The van der Waals surface area contributed by atoms with Crippen molar-refractivity contribution in [3.63, 3.8) is 0 Å². The summed E-state index contributed by atoms with van der Waals surface area (Å²) in [5.41, 5.74) is 2.30. The Morgan fingerprint density at radius 2 is 2.14 bits per heavy atom. The third-order valence-corrected chi connectivity index (χ3v) is 5.15. The highest BCUT2D eigenvalue weighted by atomic mass is 35.5. The Hall–Kier alpha value is -2.79. The molecule has 1 saturated carbocycles. The van der Waals surface area contributed by atoms with E-state index in [1.807, 2.05) is 49.4 Å². The van der Waals surface area contributed by atoms with Crippen molar-refractivity contribution in [1.82, 2.24) is 9.55 Å². The molecular formula is C22H21ClN3O2. The number of aryl methyl sites for hydroxylation is 1. The molecule has 1 aromatic heterocycles. The molecule has 3 aromatic rings. The molecule has 0 atom stereocenters. The third-order valence-electron chi connectivity index (χ3n) is 5.00. The fourth-order valence-electron chi connectivity index (χ4n) is 3.40. The van der Waals surface area contributed by atoms with E-state index in [9.17, 15) is 4.79 Å². The molecule has 1 N–H and O–H groups in total. The van der Waals surface area contributed by atoms with Crippen LogP contribution in [0.4, 0.5) is 5.82 Å². The van der Waals surface area contributed by atoms with Gasteiger partial charge in [0.05, 0.1) is 17.1 Å². The Kier molecular flexibility index (Phi) is 5.09. The fourth-order valence-corrected chi connectivity index (χ4v) is 3.47. The predicted octanol–water partition coefficient (Wildman–Crippen LogP) is 4.06. The van der Waals surface area contributed by atoms with Gasteiger partial charge in [-0.05, 0) is 43.5 Å². The number of para-hydroxylation sites is 1. The number of anilines is 1. The average Bonchev–Trinajstić information content (AvgIpc) is 3.49. The predicted molar refractivity (Wildman–Crippen MR) is 111 cm³/mol. The number of halogens is 1. The van der Waals surface area contributed by atoms with Crippen LogP contribution in [0.2, 0.25) is 0 Å². The van der Waals surface area contributed by atoms with E-state index in [4.69, 9.17) is 16.3 Å². The topological polar surface area (TPSA) is 56.1 Å². The van der Waals surface area contributed by atoms with Gasteiger partial charge in [-0.25, -0.2) is 4.98 Å². The normalized spacial score (nSPS) is 14.5. The number of nitrogens with one attached hydrogen (secondary N) is 1. The first-order valence-electron chi connectivity index (χ1n) is 9.26. The maximum absolute atomic E-state index is 13.1. The van der Waals surface area contributed by atoms with Crippen LogP contribution in [-0.2, 0) is 5.54 Å². The van der Waals surface area contributed by atoms with Crippen LogP contribution < -0.4 is 15.6 Å². The second-order valence-electron chi connectivity index (χ2n) is 6.90. The van der Waals surface area contributed by atoms with Gasteiger partial charge in [0.15, 0.2) is 5.82 Å². The van der Waals surface area contributed by atoms with E-state index in [0.717, 1.165) is 35.4 Å². The molecule has 6 heteroatoms. The molecule has 5 nitrogen and oxygen atoms in total. The van der Waals surface area contributed by atoms with Crippen LogP contribution in [0.1, 0.15) is 24.0 Å². The molecule has 1 aliphatic rings. The Labute approximate surface area is 169 Å². The highest BCUT2D eigenvalue weighted by Crippen LogP contribution is 2.50. The summed E-state index contributed by atoms with van der Waals surface area (Å²) in [6.07, 6.45) is 5.13. The van der Waals surface area contributed by atoms with Crippen molar-refractivity contribution in [3.05, 3.63) is 82.4 Å². The minimum absolute atomic E-state index is 0.185. The standard InChI is InChI=1S/C22H21ClN3O2/c1-16-6-2-4-8-18(16)26-14-13-24-20(21(26)27)25-22(10-11-22)17-7-3-5-9-19(17)28-15-12-23/h2-3,5-9,13-14H,10-12,15H2,1H3,(H,24,25). The number of nitrogens with zero attached hydrogens (tertiary/aromatic N) is 2. The summed E-state index contributed by atoms with van der Waals surface area (Å²) < 4.78 is 7.41. The first kappa shape index (κ1) is 18.6. The lowest BCUT2D eigenvalue weighted by Gasteiger charge is -2.22. The number of rotatable bonds is 7. The molecule has 28 heavy (non-hydrogen) atoms. The zero-order chi connectivity index (χ0) is 19.6. The summed E-state index contributed by atoms with van der Waals surface area (Å²) in [6, 6.07) is 16.5. The molecule has 0 unspecified atom stereocenters. The Morgan fingerprint density at radius 1 is 1.32 bits per heavy atom. The van der Waals surface area contributed by atoms with Gasteiger partial charge >= 0.3 is 0 Å². The van der Waals surface area contributed by atoms with Crippen LogP contribution in [0.3, 0.4) is 0 Å². The van der Waals surface area contributed by atoms with Crippen molar-refractivity contribution in [2.45, 2.75) is 25.3 Å². The number of aromatic nitrogens is 2. The molecule has 0 amide bonds. The second-order valence-corrected chi connectivity index (χ2v) is 7.28. The average molecular weight is 395 g/mol. The van der Waals surface area contributed by atoms with Crippen molar-refractivity contribution >= 4 is 17.4 Å². The highest BCUT2D eigenvalue weighted by Gasteiger charge is 2.47. The summed E-state index contributed by atoms with van der Waals surface area (Å²) in [5, 5.41) is 3.39. The van der Waals surface area contributed by atoms with Gasteiger partial charge in [0.2, 0.25) is 0 Å². The van der Waals surface area contributed by atoms with Gasteiger partial charge in [0.25, 0.3) is 5.56 Å². The maximum atomic E-state index is 13.1. The van der Waals surface area contributed by atoms with Crippen molar-refractivity contribution in [1.29, 1.82) is 0 Å². The summed E-state index contributed by atoms with van der Waals surface area (Å²) >= 11 is 5.78. The van der Waals surface area contributed by atoms with Gasteiger partial charge in [-0.3, -0.25) is 9.36 Å². The monoisotopic (exact) mass is 394 g/mol. The molecule has 2 aromatic carbocycles. The van der Waals surface area contributed by atoms with Gasteiger partial charge in [0.1, 0.15) is 12.4 Å². The van der Waals surface area contributed by atoms with E-state index < -0.39 is 0 Å². The molecule has 4 rings (SSSR count). The third kappa shape index (κ3) is 3.50. The zero-order valence-corrected chi connectivity index (χ0v) is 16.4. The van der Waals surface area contributed by atoms with E-state index in [-0.39, 0.29) is 11.1 Å². The minimum Gasteiger partial charge on any atom is -0.492 e. The molecule has 0 saturated heterocycles. The molecule has 143 valence electrons. The largest absolute Gasteiger partial charge is 0.492 e. The fraction of sp³-hybridized carbons (Fsp3) is 0.273. The van der Waals surface area contributed by atoms with E-state index in [0.29, 0.717) is 18.3 Å². The SMILES string of the molecule is Cc1cc[c]cc1-n1ccnc(NC2(c3ccccc3OCCCl)CC2)c1=O. The smallest absolute Gasteiger partial charge is 0.297 e. The first-order valence-corrected chi connectivity index (χ1v) is 9.79. The van der Waals surface area contributed by atoms with E-state index in [2.05, 4.69) is 16.4 Å². The van der Waals surface area contributed by atoms with Crippen molar-refractivity contribution in [2.24, 2.45) is 0 Å². The summed E-state index contributed by atoms with van der Waals surface area (Å²) in [4.78, 5) is 17.4. The molecule has 0 spiro atoms. The number of benzene rings is 2. The van der Waals surface area contributed by atoms with E-state index in [1.54, 1.807) is 17.0 Å². The van der Waals surface area contributed by atoms with Crippen molar-refractivity contribution in [2.75, 3.05) is 17.8 Å². The van der Waals surface area contributed by atoms with Crippen LogP contribution in [0.25, 0.3) is 5.69 Å². The van der Waals surface area contributed by atoms with Gasteiger partial charge in [-0.15, -0.1) is 11.6 Å². The van der Waals surface area contributed by atoms with Gasteiger partial charge in [-0.2, -0.15) is 0 Å². The van der Waals surface area contributed by atoms with Crippen LogP contribution >= 0.6 is 11.6 Å². The highest BCUT2D eigenvalue weighted by molar-refractivity contribution is 6.18. The molecule has 0 bridgehead atoms. The van der Waals surface area contributed by atoms with Crippen LogP contribution in [-0.4, -0.2) is 22.0 Å². The summed E-state index contributed by atoms with van der Waals surface area (Å²) in [7, 11) is 0. The summed E-state index contributed by atoms with van der Waals surface area (Å²) in [6.45, 7) is 2.41. The van der Waals surface area contributed by atoms with Crippen molar-refractivity contribution in [3.8, 4) is 11.4 Å². The molecule has 1 heterocycles.